The van der Waals surface area contributed by atoms with Gasteiger partial charge in [-0.3, -0.25) is 9.80 Å². The summed E-state index contributed by atoms with van der Waals surface area (Å²) in [4.78, 5) is 4.40. The van der Waals surface area contributed by atoms with Gasteiger partial charge in [-0.05, 0) is 44.4 Å². The monoisotopic (exact) mass is 419 g/mol. The molecule has 3 heterocycles. The van der Waals surface area contributed by atoms with Crippen LogP contribution in [0.2, 0.25) is 0 Å². The smallest absolute Gasteiger partial charge is 0.141 e. The molecular weight excluding hydrogens is 382 g/mol. The van der Waals surface area contributed by atoms with Crippen LogP contribution in [0.15, 0.2) is 24.3 Å². The van der Waals surface area contributed by atoms with Crippen molar-refractivity contribution in [3.05, 3.63) is 35.4 Å². The summed E-state index contributed by atoms with van der Waals surface area (Å²) in [5, 5.41) is 36.8. The zero-order valence-corrected chi connectivity index (χ0v) is 18.7. The number of hydrogen-bond acceptors (Lipinski definition) is 7. The van der Waals surface area contributed by atoms with E-state index in [9.17, 15) is 15.3 Å². The minimum Gasteiger partial charge on any atom is -0.386 e. The summed E-state index contributed by atoms with van der Waals surface area (Å²) in [7, 11) is 2.07. The molecule has 0 aromatic heterocycles. The third kappa shape index (κ3) is 3.60. The van der Waals surface area contributed by atoms with Gasteiger partial charge >= 0.3 is 0 Å². The lowest BCUT2D eigenvalue weighted by Crippen LogP contribution is -2.62. The minimum absolute atomic E-state index is 0.137. The summed E-state index contributed by atoms with van der Waals surface area (Å²) < 4.78 is 6.23. The van der Waals surface area contributed by atoms with Gasteiger partial charge in [0.05, 0.1) is 6.17 Å². The van der Waals surface area contributed by atoms with Gasteiger partial charge in [0.15, 0.2) is 0 Å². The molecule has 0 spiro atoms. The van der Waals surface area contributed by atoms with Gasteiger partial charge in [0.1, 0.15) is 30.1 Å². The Bertz CT molecular complexity index is 740. The molecule has 0 radical (unpaired) electrons. The van der Waals surface area contributed by atoms with Gasteiger partial charge in [0.2, 0.25) is 0 Å². The van der Waals surface area contributed by atoms with Gasteiger partial charge in [-0.1, -0.05) is 38.1 Å². The van der Waals surface area contributed by atoms with E-state index in [2.05, 4.69) is 42.9 Å². The van der Waals surface area contributed by atoms with E-state index < -0.39 is 30.1 Å². The van der Waals surface area contributed by atoms with Crippen molar-refractivity contribution in [2.75, 3.05) is 20.3 Å². The van der Waals surface area contributed by atoms with Crippen molar-refractivity contribution in [3.63, 3.8) is 0 Å². The summed E-state index contributed by atoms with van der Waals surface area (Å²) in [6, 6.07) is 8.14. The molecule has 3 aliphatic rings. The van der Waals surface area contributed by atoms with Crippen molar-refractivity contribution in [1.29, 1.82) is 0 Å². The van der Waals surface area contributed by atoms with Crippen molar-refractivity contribution < 1.29 is 20.1 Å². The molecule has 8 atom stereocenters. The molecular formula is C23H37N3O4. The zero-order valence-electron chi connectivity index (χ0n) is 18.7. The lowest BCUT2D eigenvalue weighted by atomic mass is 9.87. The molecule has 7 nitrogen and oxygen atoms in total. The molecule has 3 saturated heterocycles. The molecule has 4 rings (SSSR count). The van der Waals surface area contributed by atoms with Crippen LogP contribution in [0.3, 0.4) is 0 Å². The number of aliphatic hydroxyl groups excluding tert-OH is 2. The Hall–Kier alpha value is -1.06. The van der Waals surface area contributed by atoms with Crippen LogP contribution in [0, 0.1) is 5.92 Å². The first kappa shape index (κ1) is 22.1. The highest BCUT2D eigenvalue weighted by atomic mass is 16.6. The van der Waals surface area contributed by atoms with E-state index in [1.165, 1.54) is 5.56 Å². The summed E-state index contributed by atoms with van der Waals surface area (Å²) in [5.41, 5.74) is 0.314. The summed E-state index contributed by atoms with van der Waals surface area (Å²) in [6.07, 6.45) is -2.56. The van der Waals surface area contributed by atoms with Crippen LogP contribution in [-0.4, -0.2) is 81.6 Å². The number of benzene rings is 1. The lowest BCUT2D eigenvalue weighted by molar-refractivity contribution is -0.147. The van der Waals surface area contributed by atoms with E-state index in [1.54, 1.807) is 6.92 Å². The Morgan fingerprint density at radius 3 is 2.47 bits per heavy atom. The fourth-order valence-corrected chi connectivity index (χ4v) is 5.45. The number of rotatable bonds is 4. The van der Waals surface area contributed by atoms with Crippen LogP contribution in [0.4, 0.5) is 0 Å². The molecule has 3 aliphatic heterocycles. The topological polar surface area (TPSA) is 88.4 Å². The number of aliphatic hydroxyl groups is 3. The second-order valence-electron chi connectivity index (χ2n) is 9.90. The lowest BCUT2D eigenvalue weighted by Gasteiger charge is -2.45. The Morgan fingerprint density at radius 2 is 1.83 bits per heavy atom. The third-order valence-electron chi connectivity index (χ3n) is 7.49. The van der Waals surface area contributed by atoms with Gasteiger partial charge in [0, 0.05) is 25.2 Å². The van der Waals surface area contributed by atoms with Gasteiger partial charge < -0.3 is 25.4 Å². The van der Waals surface area contributed by atoms with E-state index in [0.29, 0.717) is 23.4 Å². The fraction of sp³-hybridized carbons (Fsp3) is 0.739. The standard InChI is InChI=1S/C23H37N3O4/c1-13(2)15-6-8-16(9-7-15)18(27)20-23(4,29)19(28)22(30-20)26-11-10-17-14(3)24-12-25(5)21(17)26/h6-9,13-14,17-22,24,27-29H,10-12H2,1-5H3/t14?,17?,18-,19+,20-,21?,22-,23+/m1/s1. The molecule has 7 heteroatoms. The fourth-order valence-electron chi connectivity index (χ4n) is 5.45. The van der Waals surface area contributed by atoms with Crippen LogP contribution in [-0.2, 0) is 4.74 Å². The summed E-state index contributed by atoms with van der Waals surface area (Å²) in [6.45, 7) is 9.57. The van der Waals surface area contributed by atoms with Crippen molar-refractivity contribution in [2.45, 2.75) is 82.4 Å². The number of likely N-dealkylation sites (tertiary alicyclic amines) is 1. The molecule has 3 unspecified atom stereocenters. The Morgan fingerprint density at radius 1 is 1.20 bits per heavy atom. The first-order chi connectivity index (χ1) is 14.1. The van der Waals surface area contributed by atoms with Crippen LogP contribution >= 0.6 is 0 Å². The van der Waals surface area contributed by atoms with Crippen LogP contribution in [0.5, 0.6) is 0 Å². The normalized spacial score (nSPS) is 41.4. The average molecular weight is 420 g/mol. The largest absolute Gasteiger partial charge is 0.386 e. The number of ether oxygens (including phenoxy) is 1. The van der Waals surface area contributed by atoms with Crippen LogP contribution in [0.1, 0.15) is 57.3 Å². The highest BCUT2D eigenvalue weighted by molar-refractivity contribution is 5.28. The molecule has 1 aromatic rings. The second kappa shape index (κ2) is 8.13. The van der Waals surface area contributed by atoms with Crippen LogP contribution < -0.4 is 5.32 Å². The SMILES string of the molecule is CC(C)c1ccc([C@@H](O)[C@H]2O[C@@H](N3CCC4C(C)NCN(C)C43)[C@H](O)[C@]2(C)O)cc1. The van der Waals surface area contributed by atoms with Crippen molar-refractivity contribution in [3.8, 4) is 0 Å². The predicted molar refractivity (Wildman–Crippen MR) is 115 cm³/mol. The number of fused-ring (bicyclic) bond motifs is 1. The van der Waals surface area contributed by atoms with Gasteiger partial charge in [-0.15, -0.1) is 0 Å². The first-order valence-corrected chi connectivity index (χ1v) is 11.2. The number of nitrogens with zero attached hydrogens (tertiary/aromatic N) is 2. The molecule has 4 N–H and O–H groups in total. The van der Waals surface area contributed by atoms with Crippen molar-refractivity contribution in [1.82, 2.24) is 15.1 Å². The minimum atomic E-state index is -1.56. The molecule has 168 valence electrons. The van der Waals surface area contributed by atoms with Gasteiger partial charge in [-0.2, -0.15) is 0 Å². The van der Waals surface area contributed by atoms with E-state index in [1.807, 2.05) is 24.3 Å². The molecule has 0 aliphatic carbocycles. The molecule has 0 amide bonds. The molecule has 30 heavy (non-hydrogen) atoms. The number of hydrogen-bond donors (Lipinski definition) is 4. The highest BCUT2D eigenvalue weighted by Gasteiger charge is 2.59. The molecule has 1 aromatic carbocycles. The maximum absolute atomic E-state index is 11.2. The van der Waals surface area contributed by atoms with E-state index in [-0.39, 0.29) is 6.17 Å². The maximum atomic E-state index is 11.2. The Labute approximate surface area is 179 Å². The Kier molecular flexibility index (Phi) is 6.00. The van der Waals surface area contributed by atoms with Crippen LogP contribution in [0.25, 0.3) is 0 Å². The van der Waals surface area contributed by atoms with E-state index >= 15 is 0 Å². The van der Waals surface area contributed by atoms with E-state index in [4.69, 9.17) is 4.74 Å². The molecule has 0 saturated carbocycles. The van der Waals surface area contributed by atoms with Gasteiger partial charge in [-0.25, -0.2) is 0 Å². The zero-order chi connectivity index (χ0) is 21.8. The van der Waals surface area contributed by atoms with E-state index in [0.717, 1.165) is 19.6 Å². The maximum Gasteiger partial charge on any atom is 0.141 e. The molecule has 0 bridgehead atoms. The number of nitrogens with one attached hydrogen (secondary N) is 1. The quantitative estimate of drug-likeness (QED) is 0.583. The van der Waals surface area contributed by atoms with Gasteiger partial charge in [0.25, 0.3) is 0 Å². The Balaban J connectivity index is 1.55. The van der Waals surface area contributed by atoms with Crippen molar-refractivity contribution >= 4 is 0 Å². The second-order valence-corrected chi connectivity index (χ2v) is 9.90. The first-order valence-electron chi connectivity index (χ1n) is 11.2. The predicted octanol–water partition coefficient (Wildman–Crippen LogP) is 1.21. The van der Waals surface area contributed by atoms with Crippen molar-refractivity contribution in [2.24, 2.45) is 5.92 Å². The summed E-state index contributed by atoms with van der Waals surface area (Å²) in [5.74, 6) is 0.831. The highest BCUT2D eigenvalue weighted by Crippen LogP contribution is 2.43. The third-order valence-corrected chi connectivity index (χ3v) is 7.49. The summed E-state index contributed by atoms with van der Waals surface area (Å²) >= 11 is 0. The average Bonchev–Trinajstić information content (AvgIpc) is 3.25. The molecule has 3 fully saturated rings.